The van der Waals surface area contributed by atoms with E-state index in [2.05, 4.69) is 41.4 Å². The Labute approximate surface area is 125 Å². The van der Waals surface area contributed by atoms with Gasteiger partial charge in [0.15, 0.2) is 0 Å². The van der Waals surface area contributed by atoms with Crippen LogP contribution in [0.25, 0.3) is 0 Å². The van der Waals surface area contributed by atoms with E-state index in [1.54, 1.807) is 0 Å². The first-order valence-electron chi connectivity index (χ1n) is 7.15. The smallest absolute Gasteiger partial charge is 0.227 e. The average Bonchev–Trinajstić information content (AvgIpc) is 2.46. The van der Waals surface area contributed by atoms with Crippen molar-refractivity contribution in [3.63, 3.8) is 0 Å². The maximum Gasteiger partial charge on any atom is 0.227 e. The summed E-state index contributed by atoms with van der Waals surface area (Å²) in [6.07, 6.45) is 2.19. The van der Waals surface area contributed by atoms with E-state index in [1.807, 2.05) is 19.9 Å². The molecular weight excluding hydrogens is 264 g/mol. The highest BCUT2D eigenvalue weighted by atomic mass is 16.5. The second kappa shape index (κ2) is 6.54. The summed E-state index contributed by atoms with van der Waals surface area (Å²) in [5, 5.41) is 0. The summed E-state index contributed by atoms with van der Waals surface area (Å²) in [4.78, 5) is 8.37. The zero-order valence-electron chi connectivity index (χ0n) is 13.0. The number of aromatic nitrogens is 2. The van der Waals surface area contributed by atoms with Gasteiger partial charge in [-0.1, -0.05) is 32.9 Å². The lowest BCUT2D eigenvalue weighted by atomic mass is 10.0. The van der Waals surface area contributed by atoms with Gasteiger partial charge in [-0.05, 0) is 36.5 Å². The van der Waals surface area contributed by atoms with Crippen molar-refractivity contribution in [3.8, 4) is 11.6 Å². The number of rotatable bonds is 5. The fraction of sp³-hybridized carbons (Fsp3) is 0.375. The molecule has 21 heavy (non-hydrogen) atoms. The van der Waals surface area contributed by atoms with Crippen LogP contribution in [0.3, 0.4) is 0 Å². The van der Waals surface area contributed by atoms with Crippen LogP contribution in [0.2, 0.25) is 0 Å². The molecule has 1 aromatic heterocycles. The topological polar surface area (TPSA) is 73.1 Å². The van der Waals surface area contributed by atoms with Crippen molar-refractivity contribution in [1.29, 1.82) is 0 Å². The van der Waals surface area contributed by atoms with Crippen LogP contribution in [-0.2, 0) is 6.42 Å². The number of nitrogens with zero attached hydrogens (tertiary/aromatic N) is 2. The lowest BCUT2D eigenvalue weighted by Gasteiger charge is -2.16. The number of benzene rings is 1. The molecule has 0 aliphatic heterocycles. The maximum atomic E-state index is 6.07. The van der Waals surface area contributed by atoms with E-state index in [0.29, 0.717) is 17.6 Å². The number of hydrogen-bond acceptors (Lipinski definition) is 5. The van der Waals surface area contributed by atoms with Crippen LogP contribution in [0, 0.1) is 6.92 Å². The number of ether oxygens (including phenoxy) is 1. The Morgan fingerprint density at radius 3 is 2.67 bits per heavy atom. The van der Waals surface area contributed by atoms with Gasteiger partial charge in [0.25, 0.3) is 0 Å². The van der Waals surface area contributed by atoms with E-state index in [4.69, 9.17) is 10.6 Å². The Kier molecular flexibility index (Phi) is 4.75. The van der Waals surface area contributed by atoms with Crippen LogP contribution in [0.4, 0.5) is 5.82 Å². The molecule has 3 N–H and O–H groups in total. The highest BCUT2D eigenvalue weighted by molar-refractivity contribution is 5.50. The molecule has 0 radical (unpaired) electrons. The predicted octanol–water partition coefficient (Wildman–Crippen LogP) is 3.55. The summed E-state index contributed by atoms with van der Waals surface area (Å²) < 4.78 is 6.07. The van der Waals surface area contributed by atoms with E-state index in [1.165, 1.54) is 6.33 Å². The van der Waals surface area contributed by atoms with Gasteiger partial charge in [-0.25, -0.2) is 15.8 Å². The van der Waals surface area contributed by atoms with Crippen molar-refractivity contribution in [2.24, 2.45) is 5.84 Å². The number of hydrogen-bond donors (Lipinski definition) is 2. The zero-order chi connectivity index (χ0) is 15.4. The normalized spacial score (nSPS) is 10.8. The fourth-order valence-corrected chi connectivity index (χ4v) is 2.24. The number of aryl methyl sites for hydroxylation is 1. The number of nitrogens with one attached hydrogen (secondary N) is 1. The third-order valence-electron chi connectivity index (χ3n) is 3.39. The Balaban J connectivity index is 2.45. The molecule has 0 fully saturated rings. The van der Waals surface area contributed by atoms with Gasteiger partial charge in [0.2, 0.25) is 5.88 Å². The van der Waals surface area contributed by atoms with Crippen molar-refractivity contribution in [2.45, 2.75) is 40.0 Å². The molecule has 0 aliphatic rings. The summed E-state index contributed by atoms with van der Waals surface area (Å²) in [5.41, 5.74) is 5.77. The Morgan fingerprint density at radius 1 is 1.29 bits per heavy atom. The van der Waals surface area contributed by atoms with E-state index in [0.717, 1.165) is 28.9 Å². The third-order valence-corrected chi connectivity index (χ3v) is 3.39. The average molecular weight is 286 g/mol. The van der Waals surface area contributed by atoms with E-state index >= 15 is 0 Å². The molecule has 0 atom stereocenters. The molecule has 1 aromatic carbocycles. The van der Waals surface area contributed by atoms with Gasteiger partial charge in [-0.3, -0.25) is 0 Å². The first-order chi connectivity index (χ1) is 10.1. The second-order valence-electron chi connectivity index (χ2n) is 5.30. The summed E-state index contributed by atoms with van der Waals surface area (Å²) in [5.74, 6) is 7.85. The zero-order valence-corrected chi connectivity index (χ0v) is 13.0. The van der Waals surface area contributed by atoms with Crippen LogP contribution >= 0.6 is 0 Å². The molecule has 0 unspecified atom stereocenters. The SMILES string of the molecule is CCc1c(NN)ncnc1Oc1cc(C)ccc1C(C)C. The minimum Gasteiger partial charge on any atom is -0.438 e. The Morgan fingerprint density at radius 2 is 2.05 bits per heavy atom. The molecule has 1 heterocycles. The number of hydrazine groups is 1. The molecule has 5 heteroatoms. The largest absolute Gasteiger partial charge is 0.438 e. The van der Waals surface area contributed by atoms with Gasteiger partial charge >= 0.3 is 0 Å². The highest BCUT2D eigenvalue weighted by Gasteiger charge is 2.14. The van der Waals surface area contributed by atoms with Gasteiger partial charge in [0.05, 0.1) is 5.56 Å². The molecule has 0 aliphatic carbocycles. The molecule has 0 spiro atoms. The molecule has 112 valence electrons. The van der Waals surface area contributed by atoms with Gasteiger partial charge in [0.1, 0.15) is 17.9 Å². The lowest BCUT2D eigenvalue weighted by Crippen LogP contribution is -2.12. The number of nitrogen functional groups attached to an aromatic ring is 1. The molecule has 2 aromatic rings. The first-order valence-corrected chi connectivity index (χ1v) is 7.15. The Hall–Kier alpha value is -2.14. The molecule has 0 amide bonds. The number of anilines is 1. The van der Waals surface area contributed by atoms with Gasteiger partial charge in [0, 0.05) is 0 Å². The van der Waals surface area contributed by atoms with Crippen molar-refractivity contribution >= 4 is 5.82 Å². The minimum atomic E-state index is 0.375. The monoisotopic (exact) mass is 286 g/mol. The Bertz CT molecular complexity index is 626. The summed E-state index contributed by atoms with van der Waals surface area (Å²) in [6.45, 7) is 8.35. The maximum absolute atomic E-state index is 6.07. The molecular formula is C16H22N4O. The van der Waals surface area contributed by atoms with Gasteiger partial charge in [-0.15, -0.1) is 0 Å². The highest BCUT2D eigenvalue weighted by Crippen LogP contribution is 2.33. The quantitative estimate of drug-likeness (QED) is 0.649. The molecule has 0 saturated carbocycles. The van der Waals surface area contributed by atoms with Crippen LogP contribution < -0.4 is 16.0 Å². The molecule has 0 saturated heterocycles. The summed E-state index contributed by atoms with van der Waals surface area (Å²) in [7, 11) is 0. The second-order valence-corrected chi connectivity index (χ2v) is 5.30. The van der Waals surface area contributed by atoms with Crippen molar-refractivity contribution < 1.29 is 4.74 Å². The van der Waals surface area contributed by atoms with Crippen LogP contribution in [0.5, 0.6) is 11.6 Å². The fourth-order valence-electron chi connectivity index (χ4n) is 2.24. The third kappa shape index (κ3) is 3.31. The predicted molar refractivity (Wildman–Crippen MR) is 84.6 cm³/mol. The van der Waals surface area contributed by atoms with Gasteiger partial charge < -0.3 is 10.2 Å². The standard InChI is InChI=1S/C16H22N4O/c1-5-12-15(20-17)18-9-19-16(12)21-14-8-11(4)6-7-13(14)10(2)3/h6-10H,5,17H2,1-4H3,(H,18,19,20). The van der Waals surface area contributed by atoms with E-state index in [9.17, 15) is 0 Å². The minimum absolute atomic E-state index is 0.375. The van der Waals surface area contributed by atoms with Crippen molar-refractivity contribution in [3.05, 3.63) is 41.2 Å². The van der Waals surface area contributed by atoms with Crippen LogP contribution in [0.15, 0.2) is 24.5 Å². The number of nitrogens with two attached hydrogens (primary N) is 1. The molecule has 5 nitrogen and oxygen atoms in total. The summed E-state index contributed by atoms with van der Waals surface area (Å²) in [6, 6.07) is 6.23. The van der Waals surface area contributed by atoms with Crippen molar-refractivity contribution in [2.75, 3.05) is 5.43 Å². The van der Waals surface area contributed by atoms with Gasteiger partial charge in [-0.2, -0.15) is 0 Å². The van der Waals surface area contributed by atoms with E-state index < -0.39 is 0 Å². The molecule has 2 rings (SSSR count). The molecule has 0 bridgehead atoms. The van der Waals surface area contributed by atoms with Crippen molar-refractivity contribution in [1.82, 2.24) is 9.97 Å². The summed E-state index contributed by atoms with van der Waals surface area (Å²) >= 11 is 0. The first kappa shape index (κ1) is 15.3. The van der Waals surface area contributed by atoms with Crippen LogP contribution in [0.1, 0.15) is 43.4 Å². The van der Waals surface area contributed by atoms with Crippen LogP contribution in [-0.4, -0.2) is 9.97 Å². The lowest BCUT2D eigenvalue weighted by molar-refractivity contribution is 0.447. The van der Waals surface area contributed by atoms with E-state index in [-0.39, 0.29) is 0 Å².